The number of nitrogens with zero attached hydrogens (tertiary/aromatic N) is 3. The number of likely N-dealkylation sites (tertiary alicyclic amines) is 1. The average Bonchev–Trinajstić information content (AvgIpc) is 3.31. The lowest BCUT2D eigenvalue weighted by Gasteiger charge is -2.22. The van der Waals surface area contributed by atoms with Crippen LogP contribution < -0.4 is 5.32 Å². The number of aryl methyl sites for hydroxylation is 1. The first-order chi connectivity index (χ1) is 11.3. The highest BCUT2D eigenvalue weighted by atomic mass is 32.1. The van der Waals surface area contributed by atoms with Gasteiger partial charge in [-0.2, -0.15) is 16.3 Å². The molecule has 23 heavy (non-hydrogen) atoms. The van der Waals surface area contributed by atoms with E-state index in [1.165, 1.54) is 12.8 Å². The molecule has 7 heteroatoms. The fourth-order valence-corrected chi connectivity index (χ4v) is 3.58. The molecule has 0 bridgehead atoms. The Labute approximate surface area is 139 Å². The van der Waals surface area contributed by atoms with Crippen LogP contribution in [0.4, 0.5) is 0 Å². The Morgan fingerprint density at radius 2 is 2.48 bits per heavy atom. The molecular weight excluding hydrogens is 312 g/mol. The minimum Gasteiger partial charge on any atom is -0.355 e. The Morgan fingerprint density at radius 3 is 3.26 bits per heavy atom. The Bertz CT molecular complexity index is 626. The molecule has 1 aliphatic heterocycles. The number of aromatic nitrogens is 2. The fourth-order valence-electron chi connectivity index (χ4n) is 2.95. The van der Waals surface area contributed by atoms with E-state index in [-0.39, 0.29) is 5.91 Å². The van der Waals surface area contributed by atoms with Gasteiger partial charge in [0, 0.05) is 36.4 Å². The van der Waals surface area contributed by atoms with Crippen LogP contribution in [-0.2, 0) is 11.2 Å². The molecule has 0 saturated carbocycles. The van der Waals surface area contributed by atoms with Gasteiger partial charge in [0.15, 0.2) is 0 Å². The van der Waals surface area contributed by atoms with E-state index < -0.39 is 0 Å². The summed E-state index contributed by atoms with van der Waals surface area (Å²) in [4.78, 5) is 18.7. The highest BCUT2D eigenvalue weighted by Crippen LogP contribution is 2.19. The number of rotatable bonds is 7. The highest BCUT2D eigenvalue weighted by molar-refractivity contribution is 7.08. The zero-order valence-corrected chi connectivity index (χ0v) is 14.1. The lowest BCUT2D eigenvalue weighted by Crippen LogP contribution is -2.40. The van der Waals surface area contributed by atoms with Gasteiger partial charge in [-0.15, -0.1) is 0 Å². The summed E-state index contributed by atoms with van der Waals surface area (Å²) < 4.78 is 5.21. The first-order valence-corrected chi connectivity index (χ1v) is 9.06. The van der Waals surface area contributed by atoms with Crippen LogP contribution in [0.25, 0.3) is 11.4 Å². The molecule has 3 rings (SSSR count). The lowest BCUT2D eigenvalue weighted by molar-refractivity contribution is -0.121. The third-order valence-electron chi connectivity index (χ3n) is 4.25. The van der Waals surface area contributed by atoms with Gasteiger partial charge >= 0.3 is 0 Å². The normalized spacial score (nSPS) is 18.4. The first-order valence-electron chi connectivity index (χ1n) is 8.12. The Morgan fingerprint density at radius 1 is 1.57 bits per heavy atom. The molecule has 1 atom stereocenters. The van der Waals surface area contributed by atoms with Crippen molar-refractivity contribution >= 4 is 17.2 Å². The van der Waals surface area contributed by atoms with E-state index in [1.807, 2.05) is 16.8 Å². The second-order valence-electron chi connectivity index (χ2n) is 5.75. The van der Waals surface area contributed by atoms with Crippen LogP contribution in [-0.4, -0.2) is 46.6 Å². The van der Waals surface area contributed by atoms with Crippen molar-refractivity contribution in [2.75, 3.05) is 19.6 Å². The van der Waals surface area contributed by atoms with E-state index >= 15 is 0 Å². The third-order valence-corrected chi connectivity index (χ3v) is 4.94. The summed E-state index contributed by atoms with van der Waals surface area (Å²) in [6.07, 6.45) is 3.25. The van der Waals surface area contributed by atoms with Gasteiger partial charge in [0.1, 0.15) is 0 Å². The Hall–Kier alpha value is -1.73. The molecule has 3 heterocycles. The van der Waals surface area contributed by atoms with Crippen molar-refractivity contribution in [2.24, 2.45) is 0 Å². The largest absolute Gasteiger partial charge is 0.355 e. The topological polar surface area (TPSA) is 71.3 Å². The third kappa shape index (κ3) is 4.17. The van der Waals surface area contributed by atoms with E-state index in [9.17, 15) is 4.79 Å². The van der Waals surface area contributed by atoms with Gasteiger partial charge in [-0.25, -0.2) is 0 Å². The summed E-state index contributed by atoms with van der Waals surface area (Å²) in [6, 6.07) is 2.44. The van der Waals surface area contributed by atoms with Crippen molar-refractivity contribution in [1.82, 2.24) is 20.4 Å². The maximum atomic E-state index is 12.0. The first kappa shape index (κ1) is 16.1. The molecule has 124 valence electrons. The van der Waals surface area contributed by atoms with Crippen molar-refractivity contribution in [3.63, 3.8) is 0 Å². The maximum absolute atomic E-state index is 12.0. The summed E-state index contributed by atoms with van der Waals surface area (Å²) in [5, 5.41) is 10.9. The molecule has 2 aromatic heterocycles. The summed E-state index contributed by atoms with van der Waals surface area (Å²) >= 11 is 1.59. The van der Waals surface area contributed by atoms with Crippen LogP contribution in [0.5, 0.6) is 0 Å². The van der Waals surface area contributed by atoms with Gasteiger partial charge < -0.3 is 9.84 Å². The number of carbonyl (C=O) groups excluding carboxylic acids is 1. The van der Waals surface area contributed by atoms with Gasteiger partial charge in [0.2, 0.25) is 17.6 Å². The second-order valence-corrected chi connectivity index (χ2v) is 6.53. The van der Waals surface area contributed by atoms with E-state index in [4.69, 9.17) is 4.52 Å². The molecule has 0 radical (unpaired) electrons. The van der Waals surface area contributed by atoms with Gasteiger partial charge in [-0.1, -0.05) is 12.1 Å². The van der Waals surface area contributed by atoms with E-state index in [0.29, 0.717) is 30.6 Å². The van der Waals surface area contributed by atoms with Crippen molar-refractivity contribution in [3.8, 4) is 11.4 Å². The van der Waals surface area contributed by atoms with Crippen LogP contribution >= 0.6 is 11.3 Å². The summed E-state index contributed by atoms with van der Waals surface area (Å²) in [5.41, 5.74) is 0.954. The van der Waals surface area contributed by atoms with Crippen LogP contribution in [0.15, 0.2) is 21.3 Å². The molecule has 1 fully saturated rings. The van der Waals surface area contributed by atoms with Crippen LogP contribution in [0.2, 0.25) is 0 Å². The fraction of sp³-hybridized carbons (Fsp3) is 0.562. The lowest BCUT2D eigenvalue weighted by atomic mass is 10.2. The molecule has 0 spiro atoms. The van der Waals surface area contributed by atoms with Crippen LogP contribution in [0.3, 0.4) is 0 Å². The number of hydrogen-bond donors (Lipinski definition) is 1. The molecule has 1 saturated heterocycles. The zero-order valence-electron chi connectivity index (χ0n) is 13.3. The molecule has 1 amide bonds. The van der Waals surface area contributed by atoms with Gasteiger partial charge in [-0.05, 0) is 37.4 Å². The number of nitrogens with one attached hydrogen (secondary N) is 1. The molecule has 2 aromatic rings. The van der Waals surface area contributed by atoms with Crippen LogP contribution in [0, 0.1) is 0 Å². The molecule has 0 aliphatic carbocycles. The standard InChI is InChI=1S/C16H22N4O2S/c1-2-20-8-3-4-13(20)10-17-14(21)5-6-15-18-16(19-22-15)12-7-9-23-11-12/h7,9,11,13H,2-6,8,10H2,1H3,(H,17,21). The molecule has 1 N–H and O–H groups in total. The monoisotopic (exact) mass is 334 g/mol. The summed E-state index contributed by atoms with van der Waals surface area (Å²) in [5.74, 6) is 1.15. The molecule has 1 aliphatic rings. The number of thiophene rings is 1. The Kier molecular flexibility index (Phi) is 5.40. The number of carbonyl (C=O) groups is 1. The minimum atomic E-state index is 0.0447. The molecule has 6 nitrogen and oxygen atoms in total. The minimum absolute atomic E-state index is 0.0447. The van der Waals surface area contributed by atoms with Gasteiger partial charge in [-0.3, -0.25) is 9.69 Å². The quantitative estimate of drug-likeness (QED) is 0.841. The van der Waals surface area contributed by atoms with E-state index in [0.717, 1.165) is 25.2 Å². The average molecular weight is 334 g/mol. The van der Waals surface area contributed by atoms with Crippen molar-refractivity contribution in [2.45, 2.75) is 38.6 Å². The summed E-state index contributed by atoms with van der Waals surface area (Å²) in [7, 11) is 0. The smallest absolute Gasteiger partial charge is 0.227 e. The predicted octanol–water partition coefficient (Wildman–Crippen LogP) is 2.33. The Balaban J connectivity index is 1.42. The maximum Gasteiger partial charge on any atom is 0.227 e. The number of likely N-dealkylation sites (N-methyl/N-ethyl adjacent to an activating group) is 1. The van der Waals surface area contributed by atoms with Gasteiger partial charge in [0.05, 0.1) is 0 Å². The molecule has 1 unspecified atom stereocenters. The highest BCUT2D eigenvalue weighted by Gasteiger charge is 2.23. The van der Waals surface area contributed by atoms with Gasteiger partial charge in [0.25, 0.3) is 0 Å². The zero-order chi connectivity index (χ0) is 16.1. The SMILES string of the molecule is CCN1CCCC1CNC(=O)CCc1nc(-c2ccsc2)no1. The number of amides is 1. The summed E-state index contributed by atoms with van der Waals surface area (Å²) in [6.45, 7) is 5.09. The van der Waals surface area contributed by atoms with E-state index in [2.05, 4.69) is 27.3 Å². The van der Waals surface area contributed by atoms with Crippen molar-refractivity contribution in [3.05, 3.63) is 22.7 Å². The predicted molar refractivity (Wildman–Crippen MR) is 89.2 cm³/mol. The van der Waals surface area contributed by atoms with Crippen molar-refractivity contribution in [1.29, 1.82) is 0 Å². The molecular formula is C16H22N4O2S. The second kappa shape index (κ2) is 7.70. The van der Waals surface area contributed by atoms with E-state index in [1.54, 1.807) is 11.3 Å². The number of hydrogen-bond acceptors (Lipinski definition) is 6. The molecule has 0 aromatic carbocycles. The van der Waals surface area contributed by atoms with Crippen molar-refractivity contribution < 1.29 is 9.32 Å². The van der Waals surface area contributed by atoms with Crippen LogP contribution in [0.1, 0.15) is 32.1 Å².